The van der Waals surface area contributed by atoms with Crippen LogP contribution < -0.4 is 15.2 Å². The molecule has 0 unspecified atom stereocenters. The third-order valence-corrected chi connectivity index (χ3v) is 5.81. The van der Waals surface area contributed by atoms with E-state index in [2.05, 4.69) is 10.3 Å². The molecule has 1 heterocycles. The van der Waals surface area contributed by atoms with E-state index in [0.29, 0.717) is 27.6 Å². The van der Waals surface area contributed by atoms with Gasteiger partial charge in [0.25, 0.3) is 21.8 Å². The van der Waals surface area contributed by atoms with Gasteiger partial charge < -0.3 is 4.90 Å². The topological polar surface area (TPSA) is 95.6 Å². The van der Waals surface area contributed by atoms with Crippen molar-refractivity contribution < 1.29 is 18.0 Å². The lowest BCUT2D eigenvalue weighted by molar-refractivity contribution is 0.0944. The second-order valence-corrected chi connectivity index (χ2v) is 7.75. The van der Waals surface area contributed by atoms with Gasteiger partial charge in [-0.3, -0.25) is 15.0 Å². The first-order chi connectivity index (χ1) is 12.9. The number of anilines is 1. The smallest absolute Gasteiger partial charge is 0.266 e. The van der Waals surface area contributed by atoms with E-state index < -0.39 is 15.9 Å². The maximum Gasteiger partial charge on any atom is 0.266 e. The molecule has 0 atom stereocenters. The van der Waals surface area contributed by atoms with Gasteiger partial charge in [0.2, 0.25) is 0 Å². The van der Waals surface area contributed by atoms with E-state index in [0.717, 1.165) is 0 Å². The molecular weight excluding hydrogens is 366 g/mol. The molecule has 0 bridgehead atoms. The maximum absolute atomic E-state index is 12.8. The lowest BCUT2D eigenvalue weighted by Gasteiger charge is -2.13. The van der Waals surface area contributed by atoms with E-state index >= 15 is 0 Å². The zero-order valence-corrected chi connectivity index (χ0v) is 15.1. The zero-order valence-electron chi connectivity index (χ0n) is 14.3. The molecule has 0 fully saturated rings. The molecule has 2 N–H and O–H groups in total. The summed E-state index contributed by atoms with van der Waals surface area (Å²) in [5, 5.41) is 1.01. The molecule has 27 heavy (non-hydrogen) atoms. The Kier molecular flexibility index (Phi) is 3.94. The van der Waals surface area contributed by atoms with Gasteiger partial charge in [-0.25, -0.2) is 8.42 Å². The molecule has 1 aliphatic rings. The monoisotopic (exact) mass is 381 g/mol. The highest BCUT2D eigenvalue weighted by molar-refractivity contribution is 7.89. The minimum absolute atomic E-state index is 0.0143. The van der Waals surface area contributed by atoms with Crippen molar-refractivity contribution in [3.05, 3.63) is 71.8 Å². The van der Waals surface area contributed by atoms with Crippen LogP contribution in [0.15, 0.2) is 65.6 Å². The molecule has 2 amide bonds. The van der Waals surface area contributed by atoms with Gasteiger partial charge in [-0.15, -0.1) is 4.83 Å². The van der Waals surface area contributed by atoms with Crippen molar-refractivity contribution in [2.75, 3.05) is 11.9 Å². The van der Waals surface area contributed by atoms with E-state index in [1.807, 2.05) is 0 Å². The molecule has 0 saturated heterocycles. The van der Waals surface area contributed by atoms with Gasteiger partial charge in [0.1, 0.15) is 0 Å². The van der Waals surface area contributed by atoms with Crippen molar-refractivity contribution in [3.8, 4) is 0 Å². The first kappa shape index (κ1) is 17.2. The van der Waals surface area contributed by atoms with Crippen molar-refractivity contribution in [2.45, 2.75) is 4.90 Å². The number of hydrazine groups is 1. The number of hydrogen-bond donors (Lipinski definition) is 2. The third-order valence-electron chi connectivity index (χ3n) is 4.50. The van der Waals surface area contributed by atoms with Gasteiger partial charge in [-0.1, -0.05) is 30.3 Å². The molecule has 4 rings (SSSR count). The molecule has 0 saturated carbocycles. The summed E-state index contributed by atoms with van der Waals surface area (Å²) in [5.41, 5.74) is 3.64. The molecule has 7 nitrogen and oxygen atoms in total. The minimum atomic E-state index is -4.04. The lowest BCUT2D eigenvalue weighted by atomic mass is 10.1. The Morgan fingerprint density at radius 3 is 2.44 bits per heavy atom. The summed E-state index contributed by atoms with van der Waals surface area (Å²) in [6, 6.07) is 16.2. The molecule has 1 aliphatic heterocycles. The molecule has 0 aliphatic carbocycles. The summed E-state index contributed by atoms with van der Waals surface area (Å²) in [6.45, 7) is 0. The van der Waals surface area contributed by atoms with Crippen LogP contribution >= 0.6 is 0 Å². The molecular formula is C19H15N3O4S. The normalized spacial score (nSPS) is 13.2. The number of nitrogens with one attached hydrogen (secondary N) is 2. The molecule has 8 heteroatoms. The number of sulfonamides is 1. The number of rotatable bonds is 4. The first-order valence-electron chi connectivity index (χ1n) is 8.11. The minimum Gasteiger partial charge on any atom is -0.311 e. The largest absolute Gasteiger partial charge is 0.311 e. The van der Waals surface area contributed by atoms with E-state index in [-0.39, 0.29) is 10.8 Å². The second kappa shape index (κ2) is 6.19. The van der Waals surface area contributed by atoms with Crippen LogP contribution in [-0.4, -0.2) is 27.3 Å². The fraction of sp³-hybridized carbons (Fsp3) is 0.0526. The summed E-state index contributed by atoms with van der Waals surface area (Å²) in [6.07, 6.45) is 0. The molecule has 3 aromatic rings. The first-order valence-corrected chi connectivity index (χ1v) is 9.59. The Hall–Kier alpha value is -3.23. The fourth-order valence-corrected chi connectivity index (χ4v) is 4.22. The molecule has 3 aromatic carbocycles. The third kappa shape index (κ3) is 2.75. The lowest BCUT2D eigenvalue weighted by Crippen LogP contribution is -2.41. The quantitative estimate of drug-likeness (QED) is 0.676. The SMILES string of the molecule is CN1C(=O)c2cccc3c(S(=O)(=O)NNC(=O)c4ccccc4)ccc1c23. The highest BCUT2D eigenvalue weighted by Gasteiger charge is 2.30. The summed E-state index contributed by atoms with van der Waals surface area (Å²) < 4.78 is 25.5. The average Bonchev–Trinajstić information content (AvgIpc) is 2.94. The van der Waals surface area contributed by atoms with Crippen LogP contribution in [0.3, 0.4) is 0 Å². The Bertz CT molecular complexity index is 1190. The van der Waals surface area contributed by atoms with Crippen LogP contribution in [0.5, 0.6) is 0 Å². The number of amides is 2. The van der Waals surface area contributed by atoms with Gasteiger partial charge in [0, 0.05) is 28.9 Å². The molecule has 0 spiro atoms. The average molecular weight is 381 g/mol. The number of hydrogen-bond acceptors (Lipinski definition) is 4. The van der Waals surface area contributed by atoms with Crippen molar-refractivity contribution in [1.82, 2.24) is 10.3 Å². The van der Waals surface area contributed by atoms with Gasteiger partial charge in [-0.05, 0) is 30.3 Å². The summed E-state index contributed by atoms with van der Waals surface area (Å²) >= 11 is 0. The Balaban J connectivity index is 1.70. The Labute approximate surface area is 155 Å². The fourth-order valence-electron chi connectivity index (χ4n) is 3.17. The Morgan fingerprint density at radius 1 is 0.963 bits per heavy atom. The molecule has 0 aromatic heterocycles. The summed E-state index contributed by atoms with van der Waals surface area (Å²) in [4.78, 5) is 28.0. The number of carbonyl (C=O) groups excluding carboxylic acids is 2. The standard InChI is InChI=1S/C19H15N3O4S/c1-22-15-10-11-16(13-8-5-9-14(17(13)15)19(22)24)27(25,26)21-20-18(23)12-6-3-2-4-7-12/h2-11,21H,1H3,(H,20,23). The van der Waals surface area contributed by atoms with Gasteiger partial charge in [-0.2, -0.15) is 0 Å². The van der Waals surface area contributed by atoms with E-state index in [1.54, 1.807) is 61.6 Å². The van der Waals surface area contributed by atoms with Gasteiger partial charge in [0.05, 0.1) is 10.6 Å². The van der Waals surface area contributed by atoms with Crippen LogP contribution in [0, 0.1) is 0 Å². The van der Waals surface area contributed by atoms with Gasteiger partial charge in [0.15, 0.2) is 0 Å². The number of nitrogens with zero attached hydrogens (tertiary/aromatic N) is 1. The zero-order chi connectivity index (χ0) is 19.2. The second-order valence-electron chi connectivity index (χ2n) is 6.10. The van der Waals surface area contributed by atoms with Crippen molar-refractivity contribution >= 4 is 38.3 Å². The number of carbonyl (C=O) groups is 2. The highest BCUT2D eigenvalue weighted by Crippen LogP contribution is 2.39. The summed E-state index contributed by atoms with van der Waals surface area (Å²) in [7, 11) is -2.40. The van der Waals surface area contributed by atoms with Crippen molar-refractivity contribution in [2.24, 2.45) is 0 Å². The van der Waals surface area contributed by atoms with Crippen LogP contribution in [0.25, 0.3) is 10.8 Å². The van der Waals surface area contributed by atoms with Crippen LogP contribution in [0.4, 0.5) is 5.69 Å². The van der Waals surface area contributed by atoms with Gasteiger partial charge >= 0.3 is 0 Å². The maximum atomic E-state index is 12.8. The van der Waals surface area contributed by atoms with Crippen LogP contribution in [0.2, 0.25) is 0 Å². The van der Waals surface area contributed by atoms with Crippen molar-refractivity contribution in [1.29, 1.82) is 0 Å². The van der Waals surface area contributed by atoms with E-state index in [1.165, 1.54) is 11.0 Å². The predicted octanol–water partition coefficient (Wildman–Crippen LogP) is 2.05. The van der Waals surface area contributed by atoms with Crippen LogP contribution in [-0.2, 0) is 10.0 Å². The van der Waals surface area contributed by atoms with E-state index in [4.69, 9.17) is 0 Å². The summed E-state index contributed by atoms with van der Waals surface area (Å²) in [5.74, 6) is -0.754. The molecule has 136 valence electrons. The van der Waals surface area contributed by atoms with Crippen LogP contribution in [0.1, 0.15) is 20.7 Å². The molecule has 0 radical (unpaired) electrons. The number of benzene rings is 3. The van der Waals surface area contributed by atoms with Crippen molar-refractivity contribution in [3.63, 3.8) is 0 Å². The predicted molar refractivity (Wildman–Crippen MR) is 101 cm³/mol. The highest BCUT2D eigenvalue weighted by atomic mass is 32.2. The van der Waals surface area contributed by atoms with E-state index in [9.17, 15) is 18.0 Å². The Morgan fingerprint density at radius 2 is 1.70 bits per heavy atom.